The monoisotopic (exact) mass is 390 g/mol. The molecule has 2 rings (SSSR count). The van der Waals surface area contributed by atoms with Crippen LogP contribution in [0.4, 0.5) is 18.9 Å². The molecule has 1 heterocycles. The Kier molecular flexibility index (Phi) is 6.35. The Morgan fingerprint density at radius 2 is 2.00 bits per heavy atom. The fourth-order valence-electron chi connectivity index (χ4n) is 2.21. The summed E-state index contributed by atoms with van der Waals surface area (Å²) in [7, 11) is 0. The highest BCUT2D eigenvalue weighted by Gasteiger charge is 2.31. The summed E-state index contributed by atoms with van der Waals surface area (Å²) in [6, 6.07) is 6.23. The summed E-state index contributed by atoms with van der Waals surface area (Å²) in [5.74, 6) is -0.318. The summed E-state index contributed by atoms with van der Waals surface area (Å²) >= 11 is 7.49. The molecular weight excluding hydrogens is 373 g/mol. The van der Waals surface area contributed by atoms with Gasteiger partial charge >= 0.3 is 6.18 Å². The van der Waals surface area contributed by atoms with Gasteiger partial charge in [-0.25, -0.2) is 0 Å². The smallest absolute Gasteiger partial charge is 0.372 e. The molecule has 0 aliphatic rings. The van der Waals surface area contributed by atoms with E-state index in [1.807, 2.05) is 31.4 Å². The van der Waals surface area contributed by atoms with Gasteiger partial charge in [0.2, 0.25) is 5.91 Å². The molecule has 0 saturated carbocycles. The third-order valence-electron chi connectivity index (χ3n) is 3.57. The van der Waals surface area contributed by atoms with Gasteiger partial charge in [-0.1, -0.05) is 31.5 Å². The number of alkyl halides is 3. The van der Waals surface area contributed by atoms with Crippen molar-refractivity contribution in [2.45, 2.75) is 32.6 Å². The molecule has 3 nitrogen and oxygen atoms in total. The van der Waals surface area contributed by atoms with Crippen molar-refractivity contribution in [3.63, 3.8) is 0 Å². The number of anilines is 1. The molecule has 136 valence electrons. The molecule has 1 atom stereocenters. The number of hydrogen-bond acceptors (Lipinski definition) is 3. The third-order valence-corrected chi connectivity index (χ3v) is 4.76. The summed E-state index contributed by atoms with van der Waals surface area (Å²) < 4.78 is 38.1. The first kappa shape index (κ1) is 19.6. The van der Waals surface area contributed by atoms with Gasteiger partial charge in [-0.05, 0) is 35.6 Å². The average Bonchev–Trinajstić information content (AvgIpc) is 3.03. The number of benzene rings is 1. The molecule has 0 aliphatic carbocycles. The Morgan fingerprint density at radius 3 is 2.52 bits per heavy atom. The van der Waals surface area contributed by atoms with Crippen LogP contribution in [0.5, 0.6) is 0 Å². The molecular formula is C17H18ClF3N2OS. The van der Waals surface area contributed by atoms with Gasteiger partial charge in [-0.2, -0.15) is 13.2 Å². The molecule has 0 radical (unpaired) electrons. The van der Waals surface area contributed by atoms with Crippen molar-refractivity contribution in [3.05, 3.63) is 51.2 Å². The molecule has 2 N–H and O–H groups in total. The van der Waals surface area contributed by atoms with Gasteiger partial charge in [0.05, 0.1) is 22.8 Å². The van der Waals surface area contributed by atoms with Crippen LogP contribution < -0.4 is 10.6 Å². The highest BCUT2D eigenvalue weighted by Crippen LogP contribution is 2.34. The first-order valence-electron chi connectivity index (χ1n) is 7.62. The van der Waals surface area contributed by atoms with Crippen LogP contribution in [0.15, 0.2) is 35.7 Å². The predicted molar refractivity (Wildman–Crippen MR) is 94.9 cm³/mol. The standard InChI is InChI=1S/C17H18ClF3N2OS/c1-10(2)15(16(24)22-9-12-4-3-7-25-12)23-14-6-5-11(8-13(14)18)17(19,20)21/h3-8,10,15,23H,9H2,1-2H3,(H,22,24)/t15-/m0/s1. The van der Waals surface area contributed by atoms with Gasteiger partial charge < -0.3 is 10.6 Å². The zero-order valence-corrected chi connectivity index (χ0v) is 15.2. The lowest BCUT2D eigenvalue weighted by Crippen LogP contribution is -2.42. The summed E-state index contributed by atoms with van der Waals surface area (Å²) in [6.45, 7) is 4.10. The minimum atomic E-state index is -4.46. The molecule has 0 saturated heterocycles. The molecule has 0 aliphatic heterocycles. The van der Waals surface area contributed by atoms with E-state index < -0.39 is 17.8 Å². The van der Waals surface area contributed by atoms with E-state index >= 15 is 0 Å². The molecule has 1 aromatic heterocycles. The van der Waals surface area contributed by atoms with E-state index in [9.17, 15) is 18.0 Å². The first-order valence-corrected chi connectivity index (χ1v) is 8.87. The highest BCUT2D eigenvalue weighted by molar-refractivity contribution is 7.09. The summed E-state index contributed by atoms with van der Waals surface area (Å²) in [4.78, 5) is 13.4. The predicted octanol–water partition coefficient (Wildman–Crippen LogP) is 5.17. The number of carbonyl (C=O) groups excluding carboxylic acids is 1. The van der Waals surface area contributed by atoms with Gasteiger partial charge in [0.1, 0.15) is 6.04 Å². The van der Waals surface area contributed by atoms with Crippen LogP contribution in [0.25, 0.3) is 0 Å². The van der Waals surface area contributed by atoms with Gasteiger partial charge in [-0.15, -0.1) is 11.3 Å². The van der Waals surface area contributed by atoms with Crippen LogP contribution in [-0.2, 0) is 17.5 Å². The molecule has 0 fully saturated rings. The van der Waals surface area contributed by atoms with E-state index in [1.54, 1.807) is 0 Å². The SMILES string of the molecule is CC(C)[C@H](Nc1ccc(C(F)(F)F)cc1Cl)C(=O)NCc1cccs1. The van der Waals surface area contributed by atoms with Crippen molar-refractivity contribution >= 4 is 34.5 Å². The molecule has 0 unspecified atom stereocenters. The van der Waals surface area contributed by atoms with Crippen molar-refractivity contribution in [1.82, 2.24) is 5.32 Å². The van der Waals surface area contributed by atoms with Crippen molar-refractivity contribution in [3.8, 4) is 0 Å². The number of rotatable bonds is 6. The molecule has 1 aromatic carbocycles. The Labute approximate surface area is 153 Å². The third kappa shape index (κ3) is 5.37. The number of amides is 1. The number of hydrogen-bond donors (Lipinski definition) is 2. The van der Waals surface area contributed by atoms with Crippen LogP contribution in [-0.4, -0.2) is 11.9 Å². The quantitative estimate of drug-likeness (QED) is 0.714. The van der Waals surface area contributed by atoms with Crippen molar-refractivity contribution < 1.29 is 18.0 Å². The van der Waals surface area contributed by atoms with Gasteiger partial charge in [0, 0.05) is 4.88 Å². The Bertz CT molecular complexity index is 717. The normalized spacial score (nSPS) is 12.9. The van der Waals surface area contributed by atoms with E-state index in [-0.39, 0.29) is 16.8 Å². The summed E-state index contributed by atoms with van der Waals surface area (Å²) in [5.41, 5.74) is -0.536. The van der Waals surface area contributed by atoms with Crippen LogP contribution >= 0.6 is 22.9 Å². The molecule has 1 amide bonds. The lowest BCUT2D eigenvalue weighted by Gasteiger charge is -2.23. The van der Waals surface area contributed by atoms with Gasteiger partial charge in [0.25, 0.3) is 0 Å². The second-order valence-electron chi connectivity index (χ2n) is 5.86. The van der Waals surface area contributed by atoms with Crippen molar-refractivity contribution in [1.29, 1.82) is 0 Å². The topological polar surface area (TPSA) is 41.1 Å². The first-order chi connectivity index (χ1) is 11.7. The molecule has 2 aromatic rings. The van der Waals surface area contributed by atoms with E-state index in [1.165, 1.54) is 17.4 Å². The largest absolute Gasteiger partial charge is 0.416 e. The van der Waals surface area contributed by atoms with Crippen molar-refractivity contribution in [2.24, 2.45) is 5.92 Å². The summed E-state index contributed by atoms with van der Waals surface area (Å²) in [6.07, 6.45) is -4.46. The minimum absolute atomic E-state index is 0.0773. The van der Waals surface area contributed by atoms with E-state index in [4.69, 9.17) is 11.6 Å². The van der Waals surface area contributed by atoms with Crippen LogP contribution in [0.3, 0.4) is 0 Å². The maximum absolute atomic E-state index is 12.7. The van der Waals surface area contributed by atoms with Crippen LogP contribution in [0.1, 0.15) is 24.3 Å². The number of carbonyl (C=O) groups is 1. The van der Waals surface area contributed by atoms with Gasteiger partial charge in [-0.3, -0.25) is 4.79 Å². The number of halogens is 4. The zero-order valence-electron chi connectivity index (χ0n) is 13.7. The van der Waals surface area contributed by atoms with Crippen molar-refractivity contribution in [2.75, 3.05) is 5.32 Å². The molecule has 8 heteroatoms. The molecule has 0 bridgehead atoms. The second kappa shape index (κ2) is 8.10. The highest BCUT2D eigenvalue weighted by atomic mass is 35.5. The Morgan fingerprint density at radius 1 is 1.28 bits per heavy atom. The fraction of sp³-hybridized carbons (Fsp3) is 0.353. The second-order valence-corrected chi connectivity index (χ2v) is 7.30. The van der Waals surface area contributed by atoms with E-state index in [2.05, 4.69) is 10.6 Å². The number of thiophene rings is 1. The number of nitrogens with one attached hydrogen (secondary N) is 2. The summed E-state index contributed by atoms with van der Waals surface area (Å²) in [5, 5.41) is 7.62. The lowest BCUT2D eigenvalue weighted by molar-refractivity contribution is -0.137. The zero-order chi connectivity index (χ0) is 18.6. The lowest BCUT2D eigenvalue weighted by atomic mass is 10.0. The van der Waals surface area contributed by atoms with E-state index in [0.717, 1.165) is 17.0 Å². The maximum atomic E-state index is 12.7. The molecule has 25 heavy (non-hydrogen) atoms. The van der Waals surface area contributed by atoms with Gasteiger partial charge in [0.15, 0.2) is 0 Å². The van der Waals surface area contributed by atoms with Crippen LogP contribution in [0, 0.1) is 5.92 Å². The van der Waals surface area contributed by atoms with E-state index in [0.29, 0.717) is 12.2 Å². The van der Waals surface area contributed by atoms with Crippen LogP contribution in [0.2, 0.25) is 5.02 Å². The maximum Gasteiger partial charge on any atom is 0.416 e. The molecule has 0 spiro atoms. The fourth-order valence-corrected chi connectivity index (χ4v) is 3.09. The Hall–Kier alpha value is -1.73. The average molecular weight is 391 g/mol. The minimum Gasteiger partial charge on any atom is -0.372 e. The Balaban J connectivity index is 2.09.